The number of nitrogens with two attached hydrogens (primary N) is 1. The monoisotopic (exact) mass is 396 g/mol. The number of hydrogen-bond donors (Lipinski definition) is 2. The number of carbonyl (C=O) groups excluding carboxylic acids is 3. The topological polar surface area (TPSA) is 95.7 Å². The Morgan fingerprint density at radius 2 is 2.07 bits per heavy atom. The Labute approximate surface area is 170 Å². The van der Waals surface area contributed by atoms with Crippen molar-refractivity contribution in [3.63, 3.8) is 0 Å². The van der Waals surface area contributed by atoms with Gasteiger partial charge in [0, 0.05) is 43.7 Å². The number of amides is 3. The molecular weight excluding hydrogens is 368 g/mol. The SMILES string of the molecule is NCC12CCCC(CN1Cc1cccc3c1C(=O)N(C1CCC(=O)NC1=O)C3)C2. The fraction of sp³-hybridized carbons (Fsp3) is 0.591. The lowest BCUT2D eigenvalue weighted by molar-refractivity contribution is -0.136. The predicted molar refractivity (Wildman–Crippen MR) is 107 cm³/mol. The highest BCUT2D eigenvalue weighted by atomic mass is 16.2. The summed E-state index contributed by atoms with van der Waals surface area (Å²) >= 11 is 0. The van der Waals surface area contributed by atoms with Crippen LogP contribution in [0.2, 0.25) is 0 Å². The third-order valence-corrected chi connectivity index (χ3v) is 7.45. The smallest absolute Gasteiger partial charge is 0.255 e. The molecular formula is C22H28N4O3. The molecule has 3 heterocycles. The number of carbonyl (C=O) groups is 3. The van der Waals surface area contributed by atoms with Crippen molar-refractivity contribution in [3.05, 3.63) is 34.9 Å². The third-order valence-electron chi connectivity index (χ3n) is 7.45. The van der Waals surface area contributed by atoms with Gasteiger partial charge >= 0.3 is 0 Å². The summed E-state index contributed by atoms with van der Waals surface area (Å²) in [7, 11) is 0. The number of likely N-dealkylation sites (tertiary alicyclic amines) is 1. The Balaban J connectivity index is 1.41. The van der Waals surface area contributed by atoms with Crippen molar-refractivity contribution in [2.75, 3.05) is 13.1 Å². The van der Waals surface area contributed by atoms with E-state index in [9.17, 15) is 14.4 Å². The minimum atomic E-state index is -0.568. The molecule has 2 bridgehead atoms. The van der Waals surface area contributed by atoms with Crippen LogP contribution in [-0.2, 0) is 22.7 Å². The molecule has 1 aromatic rings. The number of nitrogens with one attached hydrogen (secondary N) is 1. The highest BCUT2D eigenvalue weighted by Gasteiger charge is 2.47. The van der Waals surface area contributed by atoms with Crippen molar-refractivity contribution in [2.45, 2.75) is 63.2 Å². The average molecular weight is 396 g/mol. The van der Waals surface area contributed by atoms with Crippen LogP contribution < -0.4 is 11.1 Å². The molecule has 3 atom stereocenters. The molecule has 7 heteroatoms. The normalized spacial score (nSPS) is 31.9. The van der Waals surface area contributed by atoms with Gasteiger partial charge in [-0.15, -0.1) is 0 Å². The van der Waals surface area contributed by atoms with Gasteiger partial charge in [-0.3, -0.25) is 24.6 Å². The van der Waals surface area contributed by atoms with Gasteiger partial charge < -0.3 is 10.6 Å². The minimum absolute atomic E-state index is 0.0661. The third kappa shape index (κ3) is 2.99. The summed E-state index contributed by atoms with van der Waals surface area (Å²) in [5.41, 5.74) is 9.03. The molecule has 2 saturated heterocycles. The minimum Gasteiger partial charge on any atom is -0.329 e. The van der Waals surface area contributed by atoms with Crippen molar-refractivity contribution in [1.29, 1.82) is 0 Å². The Hall–Kier alpha value is -2.25. The number of piperidine rings is 1. The molecule has 0 aromatic heterocycles. The molecule has 1 aromatic carbocycles. The van der Waals surface area contributed by atoms with Crippen molar-refractivity contribution < 1.29 is 14.4 Å². The number of fused-ring (bicyclic) bond motifs is 3. The lowest BCUT2D eigenvalue weighted by atomic mass is 9.80. The number of imide groups is 1. The molecule has 7 nitrogen and oxygen atoms in total. The first-order valence-electron chi connectivity index (χ1n) is 10.7. The van der Waals surface area contributed by atoms with Gasteiger partial charge in [-0.25, -0.2) is 0 Å². The Bertz CT molecular complexity index is 885. The molecule has 1 aliphatic carbocycles. The van der Waals surface area contributed by atoms with Crippen LogP contribution in [0.4, 0.5) is 0 Å². The number of rotatable bonds is 4. The second kappa shape index (κ2) is 6.92. The molecule has 5 rings (SSSR count). The standard InChI is InChI=1S/C22H28N4O3/c23-13-22-8-2-3-14(9-22)10-25(22)11-15-4-1-5-16-12-26(21(29)19(15)16)17-6-7-18(27)24-20(17)28/h1,4-5,14,17H,2-3,6-13,23H2,(H,24,27,28). The van der Waals surface area contributed by atoms with Gasteiger partial charge in [0.15, 0.2) is 0 Å². The summed E-state index contributed by atoms with van der Waals surface area (Å²) < 4.78 is 0. The lowest BCUT2D eigenvalue weighted by Gasteiger charge is -2.39. The molecule has 3 fully saturated rings. The molecule has 3 amide bonds. The van der Waals surface area contributed by atoms with Crippen LogP contribution in [0.25, 0.3) is 0 Å². The maximum absolute atomic E-state index is 13.3. The number of nitrogens with zero attached hydrogens (tertiary/aromatic N) is 2. The van der Waals surface area contributed by atoms with Crippen molar-refractivity contribution >= 4 is 17.7 Å². The summed E-state index contributed by atoms with van der Waals surface area (Å²) in [4.78, 5) is 41.2. The highest BCUT2D eigenvalue weighted by molar-refractivity contribution is 6.06. The van der Waals surface area contributed by atoms with Gasteiger partial charge in [0.1, 0.15) is 6.04 Å². The van der Waals surface area contributed by atoms with E-state index in [0.717, 1.165) is 42.6 Å². The van der Waals surface area contributed by atoms with Crippen molar-refractivity contribution in [1.82, 2.24) is 15.1 Å². The summed E-state index contributed by atoms with van der Waals surface area (Å²) in [6.45, 7) is 2.87. The van der Waals surface area contributed by atoms with Gasteiger partial charge in [0.2, 0.25) is 11.8 Å². The highest BCUT2D eigenvalue weighted by Crippen LogP contribution is 2.44. The van der Waals surface area contributed by atoms with Gasteiger partial charge in [-0.1, -0.05) is 24.6 Å². The molecule has 3 aliphatic heterocycles. The second-order valence-electron chi connectivity index (χ2n) is 9.12. The summed E-state index contributed by atoms with van der Waals surface area (Å²) in [5, 5.41) is 2.37. The van der Waals surface area contributed by atoms with E-state index in [0.29, 0.717) is 25.4 Å². The lowest BCUT2D eigenvalue weighted by Crippen LogP contribution is -2.52. The fourth-order valence-electron chi connectivity index (χ4n) is 5.98. The van der Waals surface area contributed by atoms with Crippen LogP contribution in [0, 0.1) is 5.92 Å². The maximum Gasteiger partial charge on any atom is 0.255 e. The van der Waals surface area contributed by atoms with Crippen LogP contribution in [0.3, 0.4) is 0 Å². The van der Waals surface area contributed by atoms with E-state index in [1.54, 1.807) is 4.90 Å². The first-order valence-corrected chi connectivity index (χ1v) is 10.7. The fourth-order valence-corrected chi connectivity index (χ4v) is 5.98. The van der Waals surface area contributed by atoms with Crippen LogP contribution in [-0.4, -0.2) is 52.2 Å². The summed E-state index contributed by atoms with van der Waals surface area (Å²) in [6, 6.07) is 5.45. The molecule has 0 radical (unpaired) electrons. The van der Waals surface area contributed by atoms with Crippen LogP contribution >= 0.6 is 0 Å². The van der Waals surface area contributed by atoms with Gasteiger partial charge in [-0.05, 0) is 42.7 Å². The number of benzene rings is 1. The zero-order valence-corrected chi connectivity index (χ0v) is 16.7. The Morgan fingerprint density at radius 1 is 1.21 bits per heavy atom. The number of hydrogen-bond acceptors (Lipinski definition) is 5. The van der Waals surface area contributed by atoms with Gasteiger partial charge in [0.05, 0.1) is 0 Å². The van der Waals surface area contributed by atoms with E-state index in [-0.39, 0.29) is 29.7 Å². The van der Waals surface area contributed by atoms with Crippen LogP contribution in [0.5, 0.6) is 0 Å². The molecule has 29 heavy (non-hydrogen) atoms. The predicted octanol–water partition coefficient (Wildman–Crippen LogP) is 1.15. The van der Waals surface area contributed by atoms with E-state index in [1.807, 2.05) is 18.2 Å². The van der Waals surface area contributed by atoms with Gasteiger partial charge in [0.25, 0.3) is 5.91 Å². The molecule has 0 spiro atoms. The van der Waals surface area contributed by atoms with E-state index in [4.69, 9.17) is 5.73 Å². The molecule has 154 valence electrons. The van der Waals surface area contributed by atoms with Gasteiger partial charge in [-0.2, -0.15) is 0 Å². The van der Waals surface area contributed by atoms with E-state index >= 15 is 0 Å². The second-order valence-corrected chi connectivity index (χ2v) is 9.12. The average Bonchev–Trinajstić information content (AvgIpc) is 3.16. The van der Waals surface area contributed by atoms with Crippen LogP contribution in [0.15, 0.2) is 18.2 Å². The largest absolute Gasteiger partial charge is 0.329 e. The zero-order chi connectivity index (χ0) is 20.2. The molecule has 4 aliphatic rings. The van der Waals surface area contributed by atoms with E-state index in [1.165, 1.54) is 12.8 Å². The Kier molecular flexibility index (Phi) is 4.47. The Morgan fingerprint density at radius 3 is 2.86 bits per heavy atom. The first-order chi connectivity index (χ1) is 14.0. The molecule has 3 N–H and O–H groups in total. The molecule has 1 saturated carbocycles. The maximum atomic E-state index is 13.3. The summed E-state index contributed by atoms with van der Waals surface area (Å²) in [5.74, 6) is -0.00323. The van der Waals surface area contributed by atoms with Crippen molar-refractivity contribution in [2.24, 2.45) is 11.7 Å². The van der Waals surface area contributed by atoms with E-state index < -0.39 is 6.04 Å². The van der Waals surface area contributed by atoms with Crippen LogP contribution in [0.1, 0.15) is 60.0 Å². The first kappa shape index (κ1) is 18.8. The van der Waals surface area contributed by atoms with Crippen molar-refractivity contribution in [3.8, 4) is 0 Å². The zero-order valence-electron chi connectivity index (χ0n) is 16.7. The van der Waals surface area contributed by atoms with E-state index in [2.05, 4.69) is 10.2 Å². The quantitative estimate of drug-likeness (QED) is 0.745. The summed E-state index contributed by atoms with van der Waals surface area (Å²) in [6.07, 6.45) is 5.46. The molecule has 3 unspecified atom stereocenters.